The van der Waals surface area contributed by atoms with E-state index in [0.717, 1.165) is 4.47 Å². The summed E-state index contributed by atoms with van der Waals surface area (Å²) in [7, 11) is 1.57. The van der Waals surface area contributed by atoms with Crippen LogP contribution in [0.25, 0.3) is 0 Å². The van der Waals surface area contributed by atoms with Crippen molar-refractivity contribution in [3.8, 4) is 5.75 Å². The molecule has 1 rings (SSSR count). The molecular weight excluding hydrogens is 288 g/mol. The second kappa shape index (κ2) is 7.26. The Morgan fingerprint density at radius 1 is 1.53 bits per heavy atom. The van der Waals surface area contributed by atoms with Gasteiger partial charge in [-0.3, -0.25) is 4.79 Å². The van der Waals surface area contributed by atoms with Crippen LogP contribution in [-0.4, -0.2) is 32.8 Å². The number of amides is 1. The summed E-state index contributed by atoms with van der Waals surface area (Å²) in [4.78, 5) is 11.4. The van der Waals surface area contributed by atoms with Crippen molar-refractivity contribution in [1.82, 2.24) is 0 Å². The van der Waals surface area contributed by atoms with E-state index in [1.807, 2.05) is 0 Å². The molecule has 1 aromatic rings. The number of anilines is 1. The molecule has 0 atom stereocenters. The van der Waals surface area contributed by atoms with Gasteiger partial charge in [0.25, 0.3) is 0 Å². The fraction of sp³-hybridized carbons (Fsp3) is 0.364. The molecule has 6 heteroatoms. The number of halogens is 1. The highest BCUT2D eigenvalue weighted by Gasteiger charge is 2.05. The molecule has 0 aliphatic heterocycles. The number of hydrogen-bond acceptors (Lipinski definition) is 4. The molecule has 0 fully saturated rings. The Hall–Kier alpha value is -1.11. The third-order valence-electron chi connectivity index (χ3n) is 1.93. The normalized spacial score (nSPS) is 10.1. The van der Waals surface area contributed by atoms with Gasteiger partial charge in [0, 0.05) is 18.3 Å². The Balaban J connectivity index is 2.53. The Kier molecular flexibility index (Phi) is 5.96. The fourth-order valence-corrected chi connectivity index (χ4v) is 1.59. The second-order valence-electron chi connectivity index (χ2n) is 3.24. The van der Waals surface area contributed by atoms with Crippen molar-refractivity contribution in [2.24, 2.45) is 5.73 Å². The molecule has 17 heavy (non-hydrogen) atoms. The maximum Gasteiger partial charge on any atom is 0.250 e. The molecule has 0 saturated carbocycles. The first-order chi connectivity index (χ1) is 8.17. The number of benzene rings is 1. The smallest absolute Gasteiger partial charge is 0.250 e. The van der Waals surface area contributed by atoms with Crippen molar-refractivity contribution >= 4 is 27.5 Å². The number of nitrogens with one attached hydrogen (secondary N) is 1. The van der Waals surface area contributed by atoms with E-state index in [1.165, 1.54) is 0 Å². The summed E-state index contributed by atoms with van der Waals surface area (Å²) in [5, 5.41) is 2.70. The molecule has 1 aromatic carbocycles. The number of nitrogens with two attached hydrogens (primary N) is 1. The standard InChI is InChI=1S/C11H15BrN2O3/c1-16-10-6-8(2-3-9(10)12)14-11(15)7-17-5-4-13/h2-3,6H,4-5,7,13H2,1H3,(H,14,15). The molecular formula is C11H15BrN2O3. The van der Waals surface area contributed by atoms with Crippen molar-refractivity contribution in [3.05, 3.63) is 22.7 Å². The Morgan fingerprint density at radius 2 is 2.29 bits per heavy atom. The molecule has 0 aromatic heterocycles. The minimum atomic E-state index is -0.220. The maximum absolute atomic E-state index is 11.4. The second-order valence-corrected chi connectivity index (χ2v) is 4.09. The molecule has 0 saturated heterocycles. The molecule has 0 radical (unpaired) electrons. The number of rotatable bonds is 6. The maximum atomic E-state index is 11.4. The van der Waals surface area contributed by atoms with Crippen molar-refractivity contribution in [2.75, 3.05) is 32.2 Å². The molecule has 0 bridgehead atoms. The highest BCUT2D eigenvalue weighted by Crippen LogP contribution is 2.27. The van der Waals surface area contributed by atoms with Crippen LogP contribution in [0, 0.1) is 0 Å². The van der Waals surface area contributed by atoms with E-state index < -0.39 is 0 Å². The summed E-state index contributed by atoms with van der Waals surface area (Å²) in [6.45, 7) is 0.770. The average Bonchev–Trinajstić information content (AvgIpc) is 2.32. The van der Waals surface area contributed by atoms with Gasteiger partial charge in [-0.25, -0.2) is 0 Å². The first-order valence-electron chi connectivity index (χ1n) is 5.08. The van der Waals surface area contributed by atoms with E-state index in [9.17, 15) is 4.79 Å². The molecule has 1 amide bonds. The van der Waals surface area contributed by atoms with Crippen molar-refractivity contribution < 1.29 is 14.3 Å². The van der Waals surface area contributed by atoms with Crippen LogP contribution in [-0.2, 0) is 9.53 Å². The zero-order valence-electron chi connectivity index (χ0n) is 9.53. The summed E-state index contributed by atoms with van der Waals surface area (Å²) in [6, 6.07) is 5.30. The summed E-state index contributed by atoms with van der Waals surface area (Å²) < 4.78 is 11.0. The van der Waals surface area contributed by atoms with Crippen LogP contribution < -0.4 is 15.8 Å². The largest absolute Gasteiger partial charge is 0.495 e. The zero-order valence-corrected chi connectivity index (χ0v) is 11.1. The monoisotopic (exact) mass is 302 g/mol. The topological polar surface area (TPSA) is 73.6 Å². The Labute approximate surface area is 108 Å². The van der Waals surface area contributed by atoms with Gasteiger partial charge >= 0.3 is 0 Å². The van der Waals surface area contributed by atoms with Crippen molar-refractivity contribution in [3.63, 3.8) is 0 Å². The molecule has 94 valence electrons. The summed E-state index contributed by atoms with van der Waals surface area (Å²) in [6.07, 6.45) is 0. The van der Waals surface area contributed by atoms with Crippen LogP contribution in [0.1, 0.15) is 0 Å². The van der Waals surface area contributed by atoms with Crippen molar-refractivity contribution in [2.45, 2.75) is 0 Å². The zero-order chi connectivity index (χ0) is 12.7. The van der Waals surface area contributed by atoms with Crippen LogP contribution in [0.15, 0.2) is 22.7 Å². The van der Waals surface area contributed by atoms with Gasteiger partial charge in [-0.1, -0.05) is 0 Å². The minimum Gasteiger partial charge on any atom is -0.495 e. The highest BCUT2D eigenvalue weighted by atomic mass is 79.9. The van der Waals surface area contributed by atoms with Gasteiger partial charge < -0.3 is 20.5 Å². The highest BCUT2D eigenvalue weighted by molar-refractivity contribution is 9.10. The predicted molar refractivity (Wildman–Crippen MR) is 69.2 cm³/mol. The number of carbonyl (C=O) groups is 1. The van der Waals surface area contributed by atoms with Gasteiger partial charge in [-0.15, -0.1) is 0 Å². The van der Waals surface area contributed by atoms with Gasteiger partial charge in [0.1, 0.15) is 12.4 Å². The van der Waals surface area contributed by atoms with Gasteiger partial charge in [-0.2, -0.15) is 0 Å². The van der Waals surface area contributed by atoms with E-state index in [0.29, 0.717) is 24.6 Å². The van der Waals surface area contributed by atoms with Crippen molar-refractivity contribution in [1.29, 1.82) is 0 Å². The number of ether oxygens (including phenoxy) is 2. The van der Waals surface area contributed by atoms with Crippen LogP contribution in [0.5, 0.6) is 5.75 Å². The molecule has 0 aliphatic carbocycles. The lowest BCUT2D eigenvalue weighted by molar-refractivity contribution is -0.120. The Morgan fingerprint density at radius 3 is 2.94 bits per heavy atom. The minimum absolute atomic E-state index is 0.00439. The van der Waals surface area contributed by atoms with Crippen LogP contribution in [0.2, 0.25) is 0 Å². The van der Waals surface area contributed by atoms with E-state index in [2.05, 4.69) is 21.2 Å². The van der Waals surface area contributed by atoms with Gasteiger partial charge in [0.2, 0.25) is 5.91 Å². The number of methoxy groups -OCH3 is 1. The lowest BCUT2D eigenvalue weighted by Gasteiger charge is -2.08. The van der Waals surface area contributed by atoms with E-state index in [-0.39, 0.29) is 12.5 Å². The van der Waals surface area contributed by atoms with Crippen LogP contribution in [0.3, 0.4) is 0 Å². The lowest BCUT2D eigenvalue weighted by atomic mass is 10.3. The predicted octanol–water partition coefficient (Wildman–Crippen LogP) is 1.37. The average molecular weight is 303 g/mol. The molecule has 0 heterocycles. The van der Waals surface area contributed by atoms with Crippen LogP contribution >= 0.6 is 15.9 Å². The van der Waals surface area contributed by atoms with Crippen LogP contribution in [0.4, 0.5) is 5.69 Å². The first kappa shape index (κ1) is 14.0. The molecule has 0 aliphatic rings. The van der Waals surface area contributed by atoms with E-state index >= 15 is 0 Å². The lowest BCUT2D eigenvalue weighted by Crippen LogP contribution is -2.20. The summed E-state index contributed by atoms with van der Waals surface area (Å²) >= 11 is 3.33. The van der Waals surface area contributed by atoms with E-state index in [1.54, 1.807) is 25.3 Å². The third kappa shape index (κ3) is 4.72. The first-order valence-corrected chi connectivity index (χ1v) is 5.88. The Bertz CT molecular complexity index is 385. The molecule has 0 unspecified atom stereocenters. The number of hydrogen-bond donors (Lipinski definition) is 2. The van der Waals surface area contributed by atoms with Gasteiger partial charge in [0.05, 0.1) is 18.2 Å². The van der Waals surface area contributed by atoms with Gasteiger partial charge in [-0.05, 0) is 28.1 Å². The van der Waals surface area contributed by atoms with Gasteiger partial charge in [0.15, 0.2) is 0 Å². The quantitative estimate of drug-likeness (QED) is 0.779. The van der Waals surface area contributed by atoms with E-state index in [4.69, 9.17) is 15.2 Å². The molecule has 0 spiro atoms. The molecule has 3 N–H and O–H groups in total. The molecule has 5 nitrogen and oxygen atoms in total. The summed E-state index contributed by atoms with van der Waals surface area (Å²) in [5.74, 6) is 0.438. The SMILES string of the molecule is COc1cc(NC(=O)COCCN)ccc1Br. The summed E-state index contributed by atoms with van der Waals surface area (Å²) in [5.41, 5.74) is 5.90. The fourth-order valence-electron chi connectivity index (χ4n) is 1.18. The third-order valence-corrected chi connectivity index (χ3v) is 2.59. The number of carbonyl (C=O) groups excluding carboxylic acids is 1.